The van der Waals surface area contributed by atoms with Crippen molar-refractivity contribution in [3.8, 4) is 0 Å². The maximum atomic E-state index is 2.65. The Morgan fingerprint density at radius 1 is 0.793 bits per heavy atom. The molecule has 0 nitrogen and oxygen atoms in total. The van der Waals surface area contributed by atoms with E-state index in [1.807, 2.05) is 0 Å². The summed E-state index contributed by atoms with van der Waals surface area (Å²) in [4.78, 5) is 0. The summed E-state index contributed by atoms with van der Waals surface area (Å²) in [7, 11) is -1.71. The first-order chi connectivity index (χ1) is 13.7. The fourth-order valence-corrected chi connectivity index (χ4v) is 11.7. The number of benzene rings is 1. The maximum absolute atomic E-state index is 2.65. The molecule has 0 amide bonds. The van der Waals surface area contributed by atoms with Gasteiger partial charge in [0.25, 0.3) is 0 Å². The van der Waals surface area contributed by atoms with Crippen molar-refractivity contribution in [2.45, 2.75) is 71.6 Å². The molecule has 0 aliphatic heterocycles. The van der Waals surface area contributed by atoms with Crippen LogP contribution in [0.1, 0.15) is 69.7 Å². The third kappa shape index (κ3) is 3.01. The summed E-state index contributed by atoms with van der Waals surface area (Å²) in [6.45, 7) is 19.5. The van der Waals surface area contributed by atoms with Gasteiger partial charge in [-0.05, 0) is 67.0 Å². The van der Waals surface area contributed by atoms with Crippen molar-refractivity contribution in [3.05, 3.63) is 87.1 Å². The van der Waals surface area contributed by atoms with Crippen LogP contribution in [0.2, 0.25) is 18.6 Å². The maximum Gasteiger partial charge on any atom is 0.0718 e. The Balaban J connectivity index is 1.87. The summed E-state index contributed by atoms with van der Waals surface area (Å²) in [6.07, 6.45) is 11.6. The van der Waals surface area contributed by atoms with E-state index in [1.165, 1.54) is 22.3 Å². The van der Waals surface area contributed by atoms with Crippen LogP contribution in [0.3, 0.4) is 0 Å². The van der Waals surface area contributed by atoms with Crippen molar-refractivity contribution in [2.24, 2.45) is 5.92 Å². The zero-order valence-electron chi connectivity index (χ0n) is 19.4. The molecule has 152 valence electrons. The number of fused-ring (bicyclic) bond motifs is 1. The Morgan fingerprint density at radius 2 is 1.34 bits per heavy atom. The molecule has 3 aliphatic carbocycles. The van der Waals surface area contributed by atoms with Crippen molar-refractivity contribution < 1.29 is 0 Å². The zero-order chi connectivity index (χ0) is 21.1. The van der Waals surface area contributed by atoms with Crippen molar-refractivity contribution in [1.29, 1.82) is 0 Å². The van der Waals surface area contributed by atoms with Gasteiger partial charge in [0.1, 0.15) is 0 Å². The molecule has 1 aromatic carbocycles. The van der Waals surface area contributed by atoms with Crippen LogP contribution < -0.4 is 0 Å². The normalized spacial score (nSPS) is 22.5. The Labute approximate surface area is 178 Å². The highest BCUT2D eigenvalue weighted by Crippen LogP contribution is 2.56. The summed E-state index contributed by atoms with van der Waals surface area (Å²) in [5, 5.41) is 0. The van der Waals surface area contributed by atoms with Crippen LogP contribution >= 0.6 is 0 Å². The fraction of sp³-hybridized carbons (Fsp3) is 0.429. The second-order valence-corrected chi connectivity index (χ2v) is 15.0. The van der Waals surface area contributed by atoms with Gasteiger partial charge in [-0.25, -0.2) is 0 Å². The molecule has 0 saturated carbocycles. The van der Waals surface area contributed by atoms with Crippen molar-refractivity contribution in [1.82, 2.24) is 0 Å². The minimum absolute atomic E-state index is 0.428. The lowest BCUT2D eigenvalue weighted by molar-refractivity contribution is 0.731. The van der Waals surface area contributed by atoms with E-state index in [4.69, 9.17) is 0 Å². The monoisotopic (exact) mass is 400 g/mol. The summed E-state index contributed by atoms with van der Waals surface area (Å²) in [5.74, 6) is 1.01. The molecule has 0 saturated heterocycles. The van der Waals surface area contributed by atoms with E-state index in [9.17, 15) is 0 Å². The molecular formula is C28H36Si. The lowest BCUT2D eigenvalue weighted by atomic mass is 9.93. The third-order valence-corrected chi connectivity index (χ3v) is 12.5. The minimum Gasteiger partial charge on any atom is -0.0732 e. The second-order valence-electron chi connectivity index (χ2n) is 10.2. The predicted octanol–water partition coefficient (Wildman–Crippen LogP) is 8.34. The van der Waals surface area contributed by atoms with E-state index in [1.54, 1.807) is 22.3 Å². The molecule has 1 unspecified atom stereocenters. The molecule has 0 radical (unpaired) electrons. The number of rotatable bonds is 4. The highest BCUT2D eigenvalue weighted by Gasteiger charge is 2.48. The topological polar surface area (TPSA) is 0 Å². The molecule has 0 fully saturated rings. The van der Waals surface area contributed by atoms with E-state index in [-0.39, 0.29) is 0 Å². The smallest absolute Gasteiger partial charge is 0.0718 e. The lowest BCUT2D eigenvalue weighted by Gasteiger charge is -2.41. The molecule has 0 spiro atoms. The Kier molecular flexibility index (Phi) is 5.02. The molecule has 1 atom stereocenters. The van der Waals surface area contributed by atoms with Crippen molar-refractivity contribution in [2.75, 3.05) is 0 Å². The molecular weight excluding hydrogens is 364 g/mol. The molecule has 0 aromatic heterocycles. The molecule has 4 rings (SSSR count). The lowest BCUT2D eigenvalue weighted by Crippen LogP contribution is -2.42. The molecule has 0 heterocycles. The molecule has 1 aromatic rings. The average molecular weight is 401 g/mol. The van der Waals surface area contributed by atoms with Crippen LogP contribution in [0, 0.1) is 5.92 Å². The van der Waals surface area contributed by atoms with Gasteiger partial charge in [0, 0.05) is 11.5 Å². The summed E-state index contributed by atoms with van der Waals surface area (Å²) >= 11 is 0. The number of allylic oxidation sites excluding steroid dienone is 9. The summed E-state index contributed by atoms with van der Waals surface area (Å²) in [5.41, 5.74) is 13.8. The van der Waals surface area contributed by atoms with Gasteiger partial charge in [0.15, 0.2) is 0 Å². The van der Waals surface area contributed by atoms with Crippen molar-refractivity contribution in [3.63, 3.8) is 0 Å². The van der Waals surface area contributed by atoms with Crippen LogP contribution in [-0.4, -0.2) is 8.07 Å². The Bertz CT molecular complexity index is 971. The van der Waals surface area contributed by atoms with Crippen LogP contribution in [0.5, 0.6) is 0 Å². The molecule has 0 bridgehead atoms. The van der Waals surface area contributed by atoms with Crippen LogP contribution in [0.4, 0.5) is 0 Å². The van der Waals surface area contributed by atoms with Gasteiger partial charge in [-0.3, -0.25) is 0 Å². The Hall–Kier alpha value is -1.86. The van der Waals surface area contributed by atoms with E-state index >= 15 is 0 Å². The number of hydrogen-bond acceptors (Lipinski definition) is 0. The van der Waals surface area contributed by atoms with Gasteiger partial charge in [0.05, 0.1) is 8.07 Å². The van der Waals surface area contributed by atoms with E-state index < -0.39 is 8.07 Å². The quantitative estimate of drug-likeness (QED) is 0.445. The Morgan fingerprint density at radius 3 is 1.90 bits per heavy atom. The first-order valence-corrected chi connectivity index (χ1v) is 14.4. The van der Waals surface area contributed by atoms with Crippen molar-refractivity contribution >= 4 is 14.1 Å². The van der Waals surface area contributed by atoms with Gasteiger partial charge in [-0.15, -0.1) is 0 Å². The van der Waals surface area contributed by atoms with E-state index in [2.05, 4.69) is 103 Å². The van der Waals surface area contributed by atoms with Crippen LogP contribution in [0.15, 0.2) is 70.4 Å². The van der Waals surface area contributed by atoms with E-state index in [0.29, 0.717) is 22.9 Å². The molecule has 3 aliphatic rings. The summed E-state index contributed by atoms with van der Waals surface area (Å²) in [6, 6.07) is 7.08. The fourth-order valence-electron chi connectivity index (χ4n) is 6.34. The largest absolute Gasteiger partial charge is 0.0732 e. The average Bonchev–Trinajstić information content (AvgIpc) is 3.37. The number of hydrogen-bond donors (Lipinski definition) is 0. The van der Waals surface area contributed by atoms with Crippen LogP contribution in [-0.2, 0) is 0 Å². The minimum atomic E-state index is -1.71. The molecule has 29 heavy (non-hydrogen) atoms. The third-order valence-electron chi connectivity index (χ3n) is 8.00. The predicted molar refractivity (Wildman–Crippen MR) is 131 cm³/mol. The first kappa shape index (κ1) is 20.4. The van der Waals surface area contributed by atoms with Gasteiger partial charge in [0.2, 0.25) is 0 Å². The first-order valence-electron chi connectivity index (χ1n) is 11.2. The summed E-state index contributed by atoms with van der Waals surface area (Å²) < 4.78 is 0. The SMILES string of the molecule is CC1=C(C)C([Si](C)(C)C2C(C(C)C)=Cc3c(C4C=CC=C4)cccc32)C(C)=C1C. The van der Waals surface area contributed by atoms with Crippen LogP contribution in [0.25, 0.3) is 6.08 Å². The standard InChI is InChI=1S/C28H36Si/c1-17(2)25-16-26-23(22-12-9-10-13-22)14-11-15-24(26)28(25)29(7,8)27-20(5)18(3)19(4)21(27)6/h9-17,22,27-28H,1-8H3. The second kappa shape index (κ2) is 7.13. The van der Waals surface area contributed by atoms with E-state index in [0.717, 1.165) is 0 Å². The highest BCUT2D eigenvalue weighted by atomic mass is 28.3. The van der Waals surface area contributed by atoms with Gasteiger partial charge in [-0.1, -0.05) is 92.2 Å². The highest BCUT2D eigenvalue weighted by molar-refractivity contribution is 6.82. The zero-order valence-corrected chi connectivity index (χ0v) is 20.4. The van der Waals surface area contributed by atoms with Gasteiger partial charge < -0.3 is 0 Å². The van der Waals surface area contributed by atoms with Gasteiger partial charge >= 0.3 is 0 Å². The molecule has 0 N–H and O–H groups in total. The molecule has 1 heteroatoms. The van der Waals surface area contributed by atoms with Gasteiger partial charge in [-0.2, -0.15) is 0 Å².